The second-order valence-corrected chi connectivity index (χ2v) is 3.37. The SMILES string of the molecule is O=[PH](O)C(O)c1ccccc1.[InH3]. The average molecular weight is 290 g/mol. The molecule has 0 radical (unpaired) electrons. The van der Waals surface area contributed by atoms with Crippen molar-refractivity contribution < 1.29 is 14.6 Å². The Morgan fingerprint density at radius 3 is 2.17 bits per heavy atom. The van der Waals surface area contributed by atoms with E-state index in [1.807, 2.05) is 0 Å². The Kier molecular flexibility index (Phi) is 5.93. The molecule has 0 bridgehead atoms. The minimum absolute atomic E-state index is 0. The number of hydrogen-bond acceptors (Lipinski definition) is 2. The van der Waals surface area contributed by atoms with Gasteiger partial charge in [-0.1, -0.05) is 30.3 Å². The van der Waals surface area contributed by atoms with Gasteiger partial charge in [-0.05, 0) is 5.56 Å². The van der Waals surface area contributed by atoms with Crippen LogP contribution in [0.2, 0.25) is 0 Å². The number of benzene rings is 1. The summed E-state index contributed by atoms with van der Waals surface area (Å²) in [7, 11) is -2.86. The van der Waals surface area contributed by atoms with E-state index in [9.17, 15) is 4.57 Å². The first-order valence-corrected chi connectivity index (χ1v) is 4.61. The van der Waals surface area contributed by atoms with Gasteiger partial charge >= 0.3 is 25.8 Å². The summed E-state index contributed by atoms with van der Waals surface area (Å²) < 4.78 is 10.4. The fraction of sp³-hybridized carbons (Fsp3) is 0.143. The molecule has 66 valence electrons. The molecular formula is C7H12InO3P. The van der Waals surface area contributed by atoms with Crippen molar-refractivity contribution in [2.75, 3.05) is 0 Å². The van der Waals surface area contributed by atoms with Crippen LogP contribution in [-0.4, -0.2) is 35.8 Å². The summed E-state index contributed by atoms with van der Waals surface area (Å²) in [6.45, 7) is 0. The molecule has 0 spiro atoms. The van der Waals surface area contributed by atoms with E-state index in [2.05, 4.69) is 0 Å². The molecule has 2 unspecified atom stereocenters. The summed E-state index contributed by atoms with van der Waals surface area (Å²) in [6.07, 6.45) is 0. The third-order valence-electron chi connectivity index (χ3n) is 1.35. The Morgan fingerprint density at radius 1 is 1.25 bits per heavy atom. The van der Waals surface area contributed by atoms with Crippen LogP contribution in [0.25, 0.3) is 0 Å². The van der Waals surface area contributed by atoms with Crippen molar-refractivity contribution in [1.29, 1.82) is 0 Å². The molecule has 1 aromatic carbocycles. The van der Waals surface area contributed by atoms with E-state index in [-0.39, 0.29) is 25.8 Å². The van der Waals surface area contributed by atoms with Gasteiger partial charge in [0.2, 0.25) is 8.03 Å². The monoisotopic (exact) mass is 290 g/mol. The Morgan fingerprint density at radius 2 is 1.75 bits per heavy atom. The van der Waals surface area contributed by atoms with Crippen molar-refractivity contribution in [3.05, 3.63) is 35.9 Å². The van der Waals surface area contributed by atoms with Gasteiger partial charge in [-0.3, -0.25) is 4.57 Å². The molecule has 1 rings (SSSR count). The molecule has 3 nitrogen and oxygen atoms in total. The minimum atomic E-state index is -2.86. The van der Waals surface area contributed by atoms with Crippen LogP contribution in [0.4, 0.5) is 0 Å². The molecule has 0 aliphatic heterocycles. The topological polar surface area (TPSA) is 57.5 Å². The van der Waals surface area contributed by atoms with E-state index in [0.29, 0.717) is 5.56 Å². The van der Waals surface area contributed by atoms with Crippen LogP contribution in [0.5, 0.6) is 0 Å². The summed E-state index contributed by atoms with van der Waals surface area (Å²) in [5, 5.41) is 9.08. The van der Waals surface area contributed by atoms with E-state index in [1.54, 1.807) is 30.3 Å². The van der Waals surface area contributed by atoms with Crippen LogP contribution >= 0.6 is 8.03 Å². The van der Waals surface area contributed by atoms with E-state index in [1.165, 1.54) is 0 Å². The fourth-order valence-electron chi connectivity index (χ4n) is 0.778. The first-order valence-electron chi connectivity index (χ1n) is 3.17. The standard InChI is InChI=1S/C7H9O3P.In.3H/c8-7(11(9)10)6-4-2-1-3-5-6;;;;/h1-5,7-8,11H,(H,9,10);;;;. The molecule has 0 fully saturated rings. The molecule has 0 aliphatic rings. The van der Waals surface area contributed by atoms with Crippen molar-refractivity contribution in [1.82, 2.24) is 0 Å². The van der Waals surface area contributed by atoms with Crippen LogP contribution < -0.4 is 0 Å². The van der Waals surface area contributed by atoms with E-state index in [4.69, 9.17) is 10.00 Å². The molecule has 0 heterocycles. The molecule has 12 heavy (non-hydrogen) atoms. The van der Waals surface area contributed by atoms with Crippen molar-refractivity contribution in [3.63, 3.8) is 0 Å². The number of rotatable bonds is 2. The normalized spacial score (nSPS) is 14.5. The second kappa shape index (κ2) is 5.81. The molecule has 5 heteroatoms. The maximum absolute atomic E-state index is 10.4. The Hall–Kier alpha value is 0.240. The molecule has 0 saturated carbocycles. The predicted octanol–water partition coefficient (Wildman–Crippen LogP) is -0.0394. The Bertz CT molecular complexity index is 252. The van der Waals surface area contributed by atoms with Gasteiger partial charge in [0, 0.05) is 0 Å². The van der Waals surface area contributed by atoms with Gasteiger partial charge in [-0.15, -0.1) is 0 Å². The van der Waals surface area contributed by atoms with E-state index in [0.717, 1.165) is 0 Å². The first-order chi connectivity index (χ1) is 5.22. The van der Waals surface area contributed by atoms with Gasteiger partial charge in [0.05, 0.1) is 0 Å². The third kappa shape index (κ3) is 3.31. The first kappa shape index (κ1) is 12.2. The van der Waals surface area contributed by atoms with Gasteiger partial charge in [0.25, 0.3) is 0 Å². The van der Waals surface area contributed by atoms with Gasteiger partial charge < -0.3 is 10.00 Å². The molecular weight excluding hydrogens is 278 g/mol. The summed E-state index contributed by atoms with van der Waals surface area (Å²) in [5.74, 6) is -1.22. The van der Waals surface area contributed by atoms with Crippen LogP contribution in [-0.2, 0) is 4.57 Å². The Balaban J connectivity index is 0.00000121. The molecule has 2 atom stereocenters. The quantitative estimate of drug-likeness (QED) is 0.752. The van der Waals surface area contributed by atoms with Crippen molar-refractivity contribution >= 4 is 33.9 Å². The van der Waals surface area contributed by atoms with Crippen LogP contribution in [0.1, 0.15) is 11.4 Å². The molecule has 0 saturated heterocycles. The van der Waals surface area contributed by atoms with Crippen LogP contribution in [0.15, 0.2) is 30.3 Å². The zero-order valence-corrected chi connectivity index (χ0v) is 6.77. The Labute approximate surface area is 90.1 Å². The fourth-order valence-corrected chi connectivity index (χ4v) is 1.26. The predicted molar refractivity (Wildman–Crippen MR) is 52.6 cm³/mol. The molecule has 0 amide bonds. The summed E-state index contributed by atoms with van der Waals surface area (Å²) in [5.41, 5.74) is 0.485. The van der Waals surface area contributed by atoms with Gasteiger partial charge in [-0.2, -0.15) is 0 Å². The van der Waals surface area contributed by atoms with Crippen molar-refractivity contribution in [3.8, 4) is 0 Å². The van der Waals surface area contributed by atoms with E-state index < -0.39 is 13.9 Å². The van der Waals surface area contributed by atoms with Gasteiger partial charge in [-0.25, -0.2) is 0 Å². The number of hydrogen-bond donors (Lipinski definition) is 2. The number of aliphatic hydroxyl groups is 1. The van der Waals surface area contributed by atoms with Gasteiger partial charge in [0.15, 0.2) is 5.85 Å². The summed E-state index contributed by atoms with van der Waals surface area (Å²) in [6, 6.07) is 8.43. The molecule has 0 aromatic heterocycles. The second-order valence-electron chi connectivity index (χ2n) is 2.15. The van der Waals surface area contributed by atoms with Crippen LogP contribution in [0.3, 0.4) is 0 Å². The van der Waals surface area contributed by atoms with Crippen LogP contribution in [0, 0.1) is 0 Å². The molecule has 2 N–H and O–H groups in total. The molecule has 1 aromatic rings. The average Bonchev–Trinajstić information content (AvgIpc) is 2.05. The summed E-state index contributed by atoms with van der Waals surface area (Å²) >= 11 is 0. The molecule has 0 aliphatic carbocycles. The van der Waals surface area contributed by atoms with Gasteiger partial charge in [0.1, 0.15) is 0 Å². The van der Waals surface area contributed by atoms with E-state index >= 15 is 0 Å². The zero-order valence-electron chi connectivity index (χ0n) is 5.77. The third-order valence-corrected chi connectivity index (χ3v) is 2.15. The van der Waals surface area contributed by atoms with Crippen molar-refractivity contribution in [2.45, 2.75) is 5.85 Å². The number of aliphatic hydroxyl groups excluding tert-OH is 1. The summed E-state index contributed by atoms with van der Waals surface area (Å²) in [4.78, 5) is 8.57. The maximum atomic E-state index is 10.4. The zero-order chi connectivity index (χ0) is 8.27. The van der Waals surface area contributed by atoms with Crippen molar-refractivity contribution in [2.24, 2.45) is 0 Å².